The number of hydrogen-bond acceptors (Lipinski definition) is 2. The van der Waals surface area contributed by atoms with E-state index in [-0.39, 0.29) is 23.6 Å². The summed E-state index contributed by atoms with van der Waals surface area (Å²) in [6.45, 7) is 0. The van der Waals surface area contributed by atoms with E-state index in [1.165, 1.54) is 4.90 Å². The van der Waals surface area contributed by atoms with Gasteiger partial charge in [0.2, 0.25) is 5.91 Å². The van der Waals surface area contributed by atoms with Crippen LogP contribution in [-0.2, 0) is 16.0 Å². The maximum absolute atomic E-state index is 12.0. The van der Waals surface area contributed by atoms with Gasteiger partial charge in [0.05, 0.1) is 12.0 Å². The molecule has 2 heterocycles. The van der Waals surface area contributed by atoms with E-state index in [4.69, 9.17) is 5.11 Å². The van der Waals surface area contributed by atoms with Gasteiger partial charge in [-0.05, 0) is 18.4 Å². The maximum atomic E-state index is 12.0. The van der Waals surface area contributed by atoms with Crippen molar-refractivity contribution in [2.45, 2.75) is 18.9 Å². The average Bonchev–Trinajstić information content (AvgIpc) is 2.77. The number of aliphatic carboxylic acids is 1. The zero-order chi connectivity index (χ0) is 12.7. The Kier molecular flexibility index (Phi) is 2.44. The van der Waals surface area contributed by atoms with Crippen LogP contribution in [0.5, 0.6) is 0 Å². The molecule has 2 aliphatic heterocycles. The van der Waals surface area contributed by atoms with Gasteiger partial charge in [-0.3, -0.25) is 4.79 Å². The lowest BCUT2D eigenvalue weighted by Crippen LogP contribution is -2.59. The lowest BCUT2D eigenvalue weighted by molar-refractivity contribution is -0.154. The summed E-state index contributed by atoms with van der Waals surface area (Å²) in [6.07, 6.45) is 3.00. The number of carboxylic acid groups (broad SMARTS) is 1. The van der Waals surface area contributed by atoms with Crippen molar-refractivity contribution >= 4 is 11.9 Å². The van der Waals surface area contributed by atoms with Crippen molar-refractivity contribution in [1.29, 1.82) is 0 Å². The van der Waals surface area contributed by atoms with Crippen molar-refractivity contribution in [1.82, 2.24) is 4.90 Å². The number of β-lactam (4-membered cyclic amide) rings is 1. The molecule has 2 aliphatic rings. The Hall–Kier alpha value is -2.10. The molecule has 2 atom stereocenters. The average molecular weight is 243 g/mol. The lowest BCUT2D eigenvalue weighted by Gasteiger charge is -2.43. The number of benzene rings is 1. The van der Waals surface area contributed by atoms with E-state index in [2.05, 4.69) is 0 Å². The van der Waals surface area contributed by atoms with Crippen LogP contribution in [0.1, 0.15) is 12.0 Å². The number of carboxylic acids is 1. The third-order valence-electron chi connectivity index (χ3n) is 3.68. The van der Waals surface area contributed by atoms with Gasteiger partial charge in [0.15, 0.2) is 0 Å². The van der Waals surface area contributed by atoms with Crippen LogP contribution in [0.15, 0.2) is 42.1 Å². The molecule has 4 heteroatoms. The van der Waals surface area contributed by atoms with Crippen molar-refractivity contribution in [3.63, 3.8) is 0 Å². The molecule has 0 aromatic heterocycles. The van der Waals surface area contributed by atoms with Gasteiger partial charge in [0.25, 0.3) is 0 Å². The fourth-order valence-corrected chi connectivity index (χ4v) is 2.78. The summed E-state index contributed by atoms with van der Waals surface area (Å²) in [5, 5.41) is 8.97. The van der Waals surface area contributed by atoms with Crippen molar-refractivity contribution in [3.05, 3.63) is 47.7 Å². The highest BCUT2D eigenvalue weighted by Gasteiger charge is 2.52. The smallest absolute Gasteiger partial charge is 0.352 e. The molecule has 1 fully saturated rings. The summed E-state index contributed by atoms with van der Waals surface area (Å²) >= 11 is 0. The second kappa shape index (κ2) is 3.98. The Labute approximate surface area is 105 Å². The van der Waals surface area contributed by atoms with Gasteiger partial charge in [-0.2, -0.15) is 0 Å². The van der Waals surface area contributed by atoms with Crippen LogP contribution in [-0.4, -0.2) is 27.9 Å². The van der Waals surface area contributed by atoms with Crippen LogP contribution < -0.4 is 0 Å². The fraction of sp³-hybridized carbons (Fsp3) is 0.286. The molecule has 1 N–H and O–H groups in total. The second-order valence-corrected chi connectivity index (χ2v) is 4.70. The van der Waals surface area contributed by atoms with E-state index in [0.29, 0.717) is 12.8 Å². The zero-order valence-electron chi connectivity index (χ0n) is 9.74. The summed E-state index contributed by atoms with van der Waals surface area (Å²) in [5.74, 6) is -1.14. The standard InChI is InChI=1S/C14H13NO3/c16-13-10(8-9-4-2-1-3-5-9)11-6-7-12(14(17)18)15(11)13/h1-5,7,10-11H,6,8H2,(H,17,18). The predicted octanol–water partition coefficient (Wildman–Crippen LogP) is 1.43. The van der Waals surface area contributed by atoms with Gasteiger partial charge in [-0.15, -0.1) is 0 Å². The first-order chi connectivity index (χ1) is 8.68. The molecule has 0 spiro atoms. The quantitative estimate of drug-likeness (QED) is 0.817. The summed E-state index contributed by atoms with van der Waals surface area (Å²) < 4.78 is 0. The van der Waals surface area contributed by atoms with Crippen LogP contribution >= 0.6 is 0 Å². The van der Waals surface area contributed by atoms with Gasteiger partial charge in [-0.1, -0.05) is 36.4 Å². The lowest BCUT2D eigenvalue weighted by atomic mass is 9.82. The molecule has 0 saturated carbocycles. The van der Waals surface area contributed by atoms with E-state index >= 15 is 0 Å². The summed E-state index contributed by atoms with van der Waals surface area (Å²) in [6, 6.07) is 9.88. The molecule has 2 unspecified atom stereocenters. The number of fused-ring (bicyclic) bond motifs is 1. The number of carbonyl (C=O) groups excluding carboxylic acids is 1. The molecule has 18 heavy (non-hydrogen) atoms. The van der Waals surface area contributed by atoms with Crippen molar-refractivity contribution < 1.29 is 14.7 Å². The van der Waals surface area contributed by atoms with Crippen LogP contribution in [0, 0.1) is 5.92 Å². The molecule has 1 saturated heterocycles. The maximum Gasteiger partial charge on any atom is 0.352 e. The molecule has 1 aromatic carbocycles. The Morgan fingerprint density at radius 3 is 2.72 bits per heavy atom. The third kappa shape index (κ3) is 1.53. The monoisotopic (exact) mass is 243 g/mol. The summed E-state index contributed by atoms with van der Waals surface area (Å²) in [4.78, 5) is 24.4. The highest BCUT2D eigenvalue weighted by Crippen LogP contribution is 2.40. The van der Waals surface area contributed by atoms with Crippen molar-refractivity contribution in [2.75, 3.05) is 0 Å². The Morgan fingerprint density at radius 2 is 2.06 bits per heavy atom. The second-order valence-electron chi connectivity index (χ2n) is 4.70. The number of nitrogens with zero attached hydrogens (tertiary/aromatic N) is 1. The largest absolute Gasteiger partial charge is 0.477 e. The van der Waals surface area contributed by atoms with E-state index in [1.54, 1.807) is 6.08 Å². The van der Waals surface area contributed by atoms with Gasteiger partial charge >= 0.3 is 5.97 Å². The minimum Gasteiger partial charge on any atom is -0.477 e. The van der Waals surface area contributed by atoms with Gasteiger partial charge in [-0.25, -0.2) is 4.79 Å². The molecular formula is C14H13NO3. The van der Waals surface area contributed by atoms with E-state index in [1.807, 2.05) is 30.3 Å². The van der Waals surface area contributed by atoms with Gasteiger partial charge < -0.3 is 10.0 Å². The summed E-state index contributed by atoms with van der Waals surface area (Å²) in [7, 11) is 0. The van der Waals surface area contributed by atoms with Crippen LogP contribution in [0.4, 0.5) is 0 Å². The molecule has 3 rings (SSSR count). The molecule has 4 nitrogen and oxygen atoms in total. The molecule has 0 bridgehead atoms. The first-order valence-corrected chi connectivity index (χ1v) is 5.99. The minimum atomic E-state index is -1.01. The van der Waals surface area contributed by atoms with Crippen LogP contribution in [0.25, 0.3) is 0 Å². The summed E-state index contributed by atoms with van der Waals surface area (Å²) in [5.41, 5.74) is 1.27. The fourth-order valence-electron chi connectivity index (χ4n) is 2.78. The van der Waals surface area contributed by atoms with Crippen molar-refractivity contribution in [3.8, 4) is 0 Å². The predicted molar refractivity (Wildman–Crippen MR) is 64.6 cm³/mol. The molecule has 0 radical (unpaired) electrons. The zero-order valence-corrected chi connectivity index (χ0v) is 9.74. The normalized spacial score (nSPS) is 25.4. The van der Waals surface area contributed by atoms with E-state index < -0.39 is 5.97 Å². The molecule has 1 aromatic rings. The molecule has 0 aliphatic carbocycles. The third-order valence-corrected chi connectivity index (χ3v) is 3.68. The SMILES string of the molecule is O=C(O)C1=CCC2C(Cc3ccccc3)C(=O)N12. The highest BCUT2D eigenvalue weighted by atomic mass is 16.4. The topological polar surface area (TPSA) is 57.6 Å². The van der Waals surface area contributed by atoms with E-state index in [0.717, 1.165) is 5.56 Å². The molecule has 1 amide bonds. The number of hydrogen-bond donors (Lipinski definition) is 1. The number of carbonyl (C=O) groups is 2. The number of rotatable bonds is 3. The minimum absolute atomic E-state index is 0.0452. The van der Waals surface area contributed by atoms with Crippen LogP contribution in [0.2, 0.25) is 0 Å². The molecule has 92 valence electrons. The Morgan fingerprint density at radius 1 is 1.33 bits per heavy atom. The van der Waals surface area contributed by atoms with Gasteiger partial charge in [0, 0.05) is 0 Å². The first kappa shape index (κ1) is 11.0. The Bertz CT molecular complexity index is 535. The van der Waals surface area contributed by atoms with Crippen LogP contribution in [0.3, 0.4) is 0 Å². The molecular weight excluding hydrogens is 230 g/mol. The van der Waals surface area contributed by atoms with E-state index in [9.17, 15) is 9.59 Å². The highest BCUT2D eigenvalue weighted by molar-refractivity contribution is 5.98. The number of amides is 1. The van der Waals surface area contributed by atoms with Crippen molar-refractivity contribution in [2.24, 2.45) is 5.92 Å². The Balaban J connectivity index is 1.73. The van der Waals surface area contributed by atoms with Gasteiger partial charge in [0.1, 0.15) is 5.70 Å². The first-order valence-electron chi connectivity index (χ1n) is 5.99.